The van der Waals surface area contributed by atoms with E-state index in [1.54, 1.807) is 0 Å². The SMILES string of the molecule is CC(=O)O[C@H]1[C@H](OCc2ccccc2)[C@@H]([13CH2]O)OC(Sc2ccccc2)[C@@H]1N=[N+]=[N-]. The van der Waals surface area contributed by atoms with Crippen LogP contribution >= 0.6 is 11.8 Å². The van der Waals surface area contributed by atoms with Crippen LogP contribution in [-0.4, -0.2) is 47.5 Å². The number of hydrogen-bond acceptors (Lipinski definition) is 7. The maximum Gasteiger partial charge on any atom is 0.303 e. The number of aliphatic hydroxyl groups is 1. The van der Waals surface area contributed by atoms with Crippen LogP contribution in [0.2, 0.25) is 0 Å². The minimum absolute atomic E-state index is 0.225. The molecule has 9 heteroatoms. The molecule has 0 amide bonds. The summed E-state index contributed by atoms with van der Waals surface area (Å²) in [7, 11) is 0. The van der Waals surface area contributed by atoms with Crippen LogP contribution in [0.15, 0.2) is 70.7 Å². The standard InChI is InChI=1S/C21H23N3O5S/c1-14(26)28-20-18(23-24-22)21(30-16-10-6-3-7-11-16)29-17(12-25)19(20)27-13-15-8-4-2-5-9-15/h2-11,17-21,25H,12-13H2,1H3/t17-,18-,19-,20-,21?/m1/s1/i12+1. The summed E-state index contributed by atoms with van der Waals surface area (Å²) < 4.78 is 17.6. The smallest absolute Gasteiger partial charge is 0.303 e. The summed E-state index contributed by atoms with van der Waals surface area (Å²) in [6.07, 6.45) is -2.47. The highest BCUT2D eigenvalue weighted by molar-refractivity contribution is 7.99. The Bertz CT molecular complexity index is 863. The fourth-order valence-electron chi connectivity index (χ4n) is 3.25. The lowest BCUT2D eigenvalue weighted by atomic mass is 10.0. The second-order valence-electron chi connectivity index (χ2n) is 6.69. The van der Waals surface area contributed by atoms with Crippen LogP contribution in [0.4, 0.5) is 0 Å². The van der Waals surface area contributed by atoms with Gasteiger partial charge in [-0.1, -0.05) is 65.4 Å². The molecule has 2 aromatic rings. The van der Waals surface area contributed by atoms with Gasteiger partial charge in [0.2, 0.25) is 0 Å². The predicted molar refractivity (Wildman–Crippen MR) is 112 cm³/mol. The van der Waals surface area contributed by atoms with Crippen LogP contribution in [0, 0.1) is 0 Å². The molecule has 1 aliphatic heterocycles. The van der Waals surface area contributed by atoms with Gasteiger partial charge in [0.25, 0.3) is 0 Å². The van der Waals surface area contributed by atoms with Crippen molar-refractivity contribution in [1.29, 1.82) is 0 Å². The number of carbonyl (C=O) groups is 1. The van der Waals surface area contributed by atoms with Crippen molar-refractivity contribution in [2.45, 2.75) is 48.2 Å². The van der Waals surface area contributed by atoms with Crippen LogP contribution in [-0.2, 0) is 25.6 Å². The van der Waals surface area contributed by atoms with E-state index in [1.807, 2.05) is 60.7 Å². The molecule has 30 heavy (non-hydrogen) atoms. The number of carbonyl (C=O) groups excluding carboxylic acids is 1. The summed E-state index contributed by atoms with van der Waals surface area (Å²) >= 11 is 1.33. The summed E-state index contributed by atoms with van der Waals surface area (Å²) in [5, 5.41) is 13.8. The number of aliphatic hydroxyl groups excluding tert-OH is 1. The Kier molecular flexibility index (Phi) is 8.12. The van der Waals surface area contributed by atoms with E-state index in [9.17, 15) is 9.90 Å². The lowest BCUT2D eigenvalue weighted by molar-refractivity contribution is -0.206. The molecule has 8 nitrogen and oxygen atoms in total. The molecule has 1 fully saturated rings. The zero-order valence-corrected chi connectivity index (χ0v) is 17.2. The molecule has 1 heterocycles. The number of azide groups is 1. The van der Waals surface area contributed by atoms with Crippen molar-refractivity contribution in [2.24, 2.45) is 5.11 Å². The summed E-state index contributed by atoms with van der Waals surface area (Å²) in [6.45, 7) is 1.17. The van der Waals surface area contributed by atoms with Gasteiger partial charge in [-0.25, -0.2) is 0 Å². The van der Waals surface area contributed by atoms with E-state index in [-0.39, 0.29) is 13.2 Å². The Hall–Kier alpha value is -2.55. The zero-order valence-electron chi connectivity index (χ0n) is 16.4. The first-order chi connectivity index (χ1) is 14.6. The Morgan fingerprint density at radius 3 is 2.43 bits per heavy atom. The van der Waals surface area contributed by atoms with Crippen LogP contribution in [0.5, 0.6) is 0 Å². The van der Waals surface area contributed by atoms with E-state index in [1.165, 1.54) is 18.7 Å². The van der Waals surface area contributed by atoms with Gasteiger partial charge in [0.05, 0.1) is 13.2 Å². The van der Waals surface area contributed by atoms with Crippen molar-refractivity contribution in [3.63, 3.8) is 0 Å². The van der Waals surface area contributed by atoms with E-state index in [0.29, 0.717) is 0 Å². The van der Waals surface area contributed by atoms with Crippen LogP contribution < -0.4 is 0 Å². The molecule has 0 aliphatic carbocycles. The van der Waals surface area contributed by atoms with Crippen molar-refractivity contribution in [2.75, 3.05) is 6.61 Å². The Labute approximate surface area is 178 Å². The second-order valence-corrected chi connectivity index (χ2v) is 7.86. The summed E-state index contributed by atoms with van der Waals surface area (Å²) in [5.41, 5.74) is 9.38. The number of rotatable bonds is 8. The number of benzene rings is 2. The summed E-state index contributed by atoms with van der Waals surface area (Å²) in [6, 6.07) is 18.1. The van der Waals surface area contributed by atoms with Gasteiger partial charge in [0, 0.05) is 16.7 Å². The largest absolute Gasteiger partial charge is 0.459 e. The maximum absolute atomic E-state index is 11.8. The average Bonchev–Trinajstić information content (AvgIpc) is 2.76. The van der Waals surface area contributed by atoms with Gasteiger partial charge in [-0.05, 0) is 23.2 Å². The van der Waals surface area contributed by atoms with Crippen molar-refractivity contribution in [3.8, 4) is 0 Å². The maximum atomic E-state index is 11.8. The lowest BCUT2D eigenvalue weighted by Crippen LogP contribution is -2.59. The van der Waals surface area contributed by atoms with Gasteiger partial charge >= 0.3 is 5.97 Å². The fourth-order valence-corrected chi connectivity index (χ4v) is 4.38. The molecule has 1 aliphatic rings. The molecular weight excluding hydrogens is 407 g/mol. The van der Waals surface area contributed by atoms with Gasteiger partial charge in [0.15, 0.2) is 0 Å². The highest BCUT2D eigenvalue weighted by atomic mass is 32.2. The molecule has 2 aromatic carbocycles. The monoisotopic (exact) mass is 430 g/mol. The number of ether oxygens (including phenoxy) is 3. The molecular formula is C21H23N3O5S. The van der Waals surface area contributed by atoms with Crippen molar-refractivity contribution in [3.05, 3.63) is 76.7 Å². The van der Waals surface area contributed by atoms with Crippen molar-refractivity contribution >= 4 is 17.7 Å². The van der Waals surface area contributed by atoms with Gasteiger partial charge in [-0.3, -0.25) is 4.79 Å². The van der Waals surface area contributed by atoms with Gasteiger partial charge < -0.3 is 19.3 Å². The number of esters is 1. The first kappa shape index (κ1) is 22.1. The van der Waals surface area contributed by atoms with Crippen molar-refractivity contribution < 1.29 is 24.1 Å². The normalized spacial score (nSPS) is 25.9. The molecule has 0 radical (unpaired) electrons. The van der Waals surface area contributed by atoms with E-state index in [0.717, 1.165) is 10.5 Å². The van der Waals surface area contributed by atoms with Crippen LogP contribution in [0.1, 0.15) is 12.5 Å². The van der Waals surface area contributed by atoms with Crippen molar-refractivity contribution in [1.82, 2.24) is 0 Å². The predicted octanol–water partition coefficient (Wildman–Crippen LogP) is 3.69. The third-order valence-corrected chi connectivity index (χ3v) is 5.73. The van der Waals surface area contributed by atoms with E-state index >= 15 is 0 Å². The third-order valence-electron chi connectivity index (χ3n) is 4.56. The molecule has 5 atom stereocenters. The van der Waals surface area contributed by atoms with Gasteiger partial charge in [-0.15, -0.1) is 0 Å². The Morgan fingerprint density at radius 2 is 1.83 bits per heavy atom. The molecule has 1 N–H and O–H groups in total. The molecule has 3 rings (SSSR count). The van der Waals surface area contributed by atoms with E-state index < -0.39 is 35.8 Å². The average molecular weight is 430 g/mol. The third kappa shape index (κ3) is 5.75. The number of thioether (sulfide) groups is 1. The zero-order chi connectivity index (χ0) is 21.3. The van der Waals surface area contributed by atoms with E-state index in [4.69, 9.17) is 19.7 Å². The molecule has 1 saturated heterocycles. The van der Waals surface area contributed by atoms with Crippen LogP contribution in [0.25, 0.3) is 10.4 Å². The minimum Gasteiger partial charge on any atom is -0.459 e. The first-order valence-corrected chi connectivity index (χ1v) is 10.4. The highest BCUT2D eigenvalue weighted by Crippen LogP contribution is 2.37. The fraction of sp³-hybridized carbons (Fsp3) is 0.381. The first-order valence-electron chi connectivity index (χ1n) is 9.47. The molecule has 158 valence electrons. The highest BCUT2D eigenvalue weighted by Gasteiger charge is 2.48. The molecule has 0 spiro atoms. The van der Waals surface area contributed by atoms with Gasteiger partial charge in [0.1, 0.15) is 29.8 Å². The van der Waals surface area contributed by atoms with E-state index in [2.05, 4.69) is 10.0 Å². The summed E-state index contributed by atoms with van der Waals surface area (Å²) in [5.74, 6) is -0.534. The topological polar surface area (TPSA) is 114 Å². The molecule has 0 saturated carbocycles. The minimum atomic E-state index is -0.908. The Balaban J connectivity index is 1.87. The lowest BCUT2D eigenvalue weighted by Gasteiger charge is -2.43. The molecule has 0 bridgehead atoms. The van der Waals surface area contributed by atoms with Gasteiger partial charge in [-0.2, -0.15) is 0 Å². The molecule has 1 unspecified atom stereocenters. The molecule has 0 aromatic heterocycles. The second kappa shape index (κ2) is 11.0. The number of nitrogens with zero attached hydrogens (tertiary/aromatic N) is 3. The Morgan fingerprint density at radius 1 is 1.17 bits per heavy atom. The van der Waals surface area contributed by atoms with Crippen LogP contribution in [0.3, 0.4) is 0 Å². The summed E-state index contributed by atoms with van der Waals surface area (Å²) in [4.78, 5) is 15.6. The number of hydrogen-bond donors (Lipinski definition) is 1. The quantitative estimate of drug-likeness (QED) is 0.225.